The molecule has 1 aromatic rings. The summed E-state index contributed by atoms with van der Waals surface area (Å²) in [6, 6.07) is 1.95. The Morgan fingerprint density at radius 3 is 2.93 bits per heavy atom. The van der Waals surface area contributed by atoms with Crippen LogP contribution in [-0.2, 0) is 0 Å². The highest BCUT2D eigenvalue weighted by Gasteiger charge is 1.96. The minimum Gasteiger partial charge on any atom is -0.383 e. The third-order valence-electron chi connectivity index (χ3n) is 1.53. The number of nitrogens with zero attached hydrogens (tertiary/aromatic N) is 1. The maximum atomic E-state index is 5.56. The largest absolute Gasteiger partial charge is 0.383 e. The topological polar surface area (TPSA) is 64.9 Å². The van der Waals surface area contributed by atoms with Gasteiger partial charge in [0.25, 0.3) is 0 Å². The lowest BCUT2D eigenvalue weighted by molar-refractivity contribution is 0.771. The summed E-state index contributed by atoms with van der Waals surface area (Å²) in [6.45, 7) is 1.92. The van der Waals surface area contributed by atoms with E-state index >= 15 is 0 Å². The van der Waals surface area contributed by atoms with Gasteiger partial charge in [-0.2, -0.15) is 0 Å². The standard InChI is InChI=1S/C10H12BrN3/c1-7(12)3-2-4-8-5-9(11)10(13)14-6-8/h5-7H,3,12H2,1H3,(H2,13,14)/t7-/m0/s1. The van der Waals surface area contributed by atoms with Crippen LogP contribution in [0.3, 0.4) is 0 Å². The number of nitrogens with two attached hydrogens (primary N) is 2. The predicted octanol–water partition coefficient (Wildman–Crippen LogP) is 1.52. The third kappa shape index (κ3) is 3.36. The normalized spacial score (nSPS) is 11.6. The molecule has 0 fully saturated rings. The molecular formula is C10H12BrN3. The second-order valence-electron chi connectivity index (χ2n) is 3.07. The second-order valence-corrected chi connectivity index (χ2v) is 3.93. The molecule has 1 heterocycles. The van der Waals surface area contributed by atoms with Gasteiger partial charge in [-0.15, -0.1) is 0 Å². The van der Waals surface area contributed by atoms with Gasteiger partial charge in [0.05, 0.1) is 4.47 Å². The van der Waals surface area contributed by atoms with Gasteiger partial charge in [0.1, 0.15) is 5.82 Å². The van der Waals surface area contributed by atoms with E-state index in [4.69, 9.17) is 11.5 Å². The van der Waals surface area contributed by atoms with E-state index in [1.807, 2.05) is 13.0 Å². The molecule has 0 bridgehead atoms. The van der Waals surface area contributed by atoms with Crippen LogP contribution in [0.4, 0.5) is 5.82 Å². The SMILES string of the molecule is C[C@H](N)CC#Cc1cnc(N)c(Br)c1. The quantitative estimate of drug-likeness (QED) is 0.746. The fourth-order valence-electron chi connectivity index (χ4n) is 0.831. The number of nitrogen functional groups attached to an aromatic ring is 1. The van der Waals surface area contributed by atoms with Gasteiger partial charge < -0.3 is 11.5 Å². The van der Waals surface area contributed by atoms with Gasteiger partial charge in [-0.25, -0.2) is 4.98 Å². The van der Waals surface area contributed by atoms with E-state index < -0.39 is 0 Å². The lowest BCUT2D eigenvalue weighted by Crippen LogP contribution is -2.12. The van der Waals surface area contributed by atoms with Gasteiger partial charge in [-0.05, 0) is 28.9 Å². The zero-order valence-corrected chi connectivity index (χ0v) is 9.51. The molecule has 0 saturated carbocycles. The predicted molar refractivity (Wildman–Crippen MR) is 61.5 cm³/mol. The van der Waals surface area contributed by atoms with Gasteiger partial charge in [0.2, 0.25) is 0 Å². The smallest absolute Gasteiger partial charge is 0.137 e. The van der Waals surface area contributed by atoms with E-state index in [1.165, 1.54) is 0 Å². The number of aromatic nitrogens is 1. The van der Waals surface area contributed by atoms with Crippen molar-refractivity contribution < 1.29 is 0 Å². The molecule has 0 aliphatic rings. The van der Waals surface area contributed by atoms with Crippen molar-refractivity contribution in [1.29, 1.82) is 0 Å². The number of pyridine rings is 1. The Morgan fingerprint density at radius 1 is 1.64 bits per heavy atom. The molecule has 0 aromatic carbocycles. The van der Waals surface area contributed by atoms with Gasteiger partial charge in [0.15, 0.2) is 0 Å². The van der Waals surface area contributed by atoms with E-state index in [0.717, 1.165) is 10.0 Å². The molecule has 1 rings (SSSR count). The summed E-state index contributed by atoms with van der Waals surface area (Å²) < 4.78 is 0.769. The molecule has 0 spiro atoms. The molecule has 0 radical (unpaired) electrons. The van der Waals surface area contributed by atoms with Crippen molar-refractivity contribution in [2.75, 3.05) is 5.73 Å². The summed E-state index contributed by atoms with van der Waals surface area (Å²) >= 11 is 3.29. The van der Waals surface area contributed by atoms with Crippen LogP contribution in [0.1, 0.15) is 18.9 Å². The van der Waals surface area contributed by atoms with Crippen molar-refractivity contribution >= 4 is 21.7 Å². The first-order chi connectivity index (χ1) is 6.59. The van der Waals surface area contributed by atoms with E-state index in [-0.39, 0.29) is 6.04 Å². The minimum atomic E-state index is 0.104. The highest BCUT2D eigenvalue weighted by molar-refractivity contribution is 9.10. The molecule has 0 amide bonds. The Bertz CT molecular complexity index is 377. The Labute approximate surface area is 92.0 Å². The van der Waals surface area contributed by atoms with Crippen molar-refractivity contribution in [3.63, 3.8) is 0 Å². The number of rotatable bonds is 1. The summed E-state index contributed by atoms with van der Waals surface area (Å²) in [5.41, 5.74) is 11.9. The Morgan fingerprint density at radius 2 is 2.36 bits per heavy atom. The molecule has 0 aliphatic carbocycles. The Balaban J connectivity index is 2.76. The number of hydrogen-bond acceptors (Lipinski definition) is 3. The molecule has 0 saturated heterocycles. The summed E-state index contributed by atoms with van der Waals surface area (Å²) in [5, 5.41) is 0. The van der Waals surface area contributed by atoms with Crippen molar-refractivity contribution in [2.24, 2.45) is 5.73 Å². The summed E-state index contributed by atoms with van der Waals surface area (Å²) in [7, 11) is 0. The molecule has 1 atom stereocenters. The highest BCUT2D eigenvalue weighted by atomic mass is 79.9. The van der Waals surface area contributed by atoms with Crippen LogP contribution in [0.25, 0.3) is 0 Å². The van der Waals surface area contributed by atoms with Crippen LogP contribution in [0.15, 0.2) is 16.7 Å². The van der Waals surface area contributed by atoms with Crippen molar-refractivity contribution in [2.45, 2.75) is 19.4 Å². The maximum absolute atomic E-state index is 5.56. The first-order valence-corrected chi connectivity index (χ1v) is 5.04. The zero-order valence-electron chi connectivity index (χ0n) is 7.92. The summed E-state index contributed by atoms with van der Waals surface area (Å²) in [6.07, 6.45) is 2.33. The molecule has 4 heteroatoms. The second kappa shape index (κ2) is 4.99. The van der Waals surface area contributed by atoms with E-state index in [1.54, 1.807) is 6.20 Å². The van der Waals surface area contributed by atoms with Crippen LogP contribution in [0, 0.1) is 11.8 Å². The molecular weight excluding hydrogens is 242 g/mol. The average molecular weight is 254 g/mol. The van der Waals surface area contributed by atoms with Gasteiger partial charge in [-0.1, -0.05) is 11.8 Å². The minimum absolute atomic E-state index is 0.104. The van der Waals surface area contributed by atoms with Crippen LogP contribution in [0.5, 0.6) is 0 Å². The molecule has 74 valence electrons. The van der Waals surface area contributed by atoms with Crippen LogP contribution in [0.2, 0.25) is 0 Å². The van der Waals surface area contributed by atoms with Crippen LogP contribution >= 0.6 is 15.9 Å². The average Bonchev–Trinajstić information content (AvgIpc) is 2.10. The summed E-state index contributed by atoms with van der Waals surface area (Å²) in [4.78, 5) is 3.97. The van der Waals surface area contributed by atoms with Gasteiger partial charge in [-0.3, -0.25) is 0 Å². The zero-order chi connectivity index (χ0) is 10.6. The third-order valence-corrected chi connectivity index (χ3v) is 2.16. The van der Waals surface area contributed by atoms with Crippen molar-refractivity contribution in [3.8, 4) is 11.8 Å². The molecule has 3 nitrogen and oxygen atoms in total. The Kier molecular flexibility index (Phi) is 3.93. The van der Waals surface area contributed by atoms with Crippen molar-refractivity contribution in [3.05, 3.63) is 22.3 Å². The fraction of sp³-hybridized carbons (Fsp3) is 0.300. The van der Waals surface area contributed by atoms with Gasteiger partial charge in [0, 0.05) is 24.2 Å². The monoisotopic (exact) mass is 253 g/mol. The fourth-order valence-corrected chi connectivity index (χ4v) is 1.18. The lowest BCUT2D eigenvalue weighted by Gasteiger charge is -1.97. The van der Waals surface area contributed by atoms with Crippen LogP contribution < -0.4 is 11.5 Å². The molecule has 1 aromatic heterocycles. The van der Waals surface area contributed by atoms with Crippen LogP contribution in [-0.4, -0.2) is 11.0 Å². The lowest BCUT2D eigenvalue weighted by atomic mass is 10.2. The maximum Gasteiger partial charge on any atom is 0.137 e. The van der Waals surface area contributed by atoms with E-state index in [2.05, 4.69) is 32.8 Å². The van der Waals surface area contributed by atoms with E-state index in [9.17, 15) is 0 Å². The number of hydrogen-bond donors (Lipinski definition) is 2. The van der Waals surface area contributed by atoms with Gasteiger partial charge >= 0.3 is 0 Å². The molecule has 4 N–H and O–H groups in total. The molecule has 14 heavy (non-hydrogen) atoms. The first-order valence-electron chi connectivity index (χ1n) is 4.25. The highest BCUT2D eigenvalue weighted by Crippen LogP contribution is 2.16. The molecule has 0 aliphatic heterocycles. The van der Waals surface area contributed by atoms with Crippen molar-refractivity contribution in [1.82, 2.24) is 4.98 Å². The Hall–Kier alpha value is -1.05. The number of halogens is 1. The first kappa shape index (κ1) is 11.0. The molecule has 0 unspecified atom stereocenters. The summed E-state index contributed by atoms with van der Waals surface area (Å²) in [5.74, 6) is 6.41. The van der Waals surface area contributed by atoms with E-state index in [0.29, 0.717) is 12.2 Å². The number of anilines is 1.